The SMILES string of the molecule is CS(=O)(=O)c1ccc(-n2nc(C(N)=O)c3c2-c2cc(NC(=O)Cc4cc(Cl)ccc4S(C)(=O)=O)ccc2CC3)cc1. The number of carbonyl (C=O) groups is 2. The van der Waals surface area contributed by atoms with Crippen LogP contribution in [0.15, 0.2) is 70.5 Å². The molecular formula is C28H25ClN4O6S2. The van der Waals surface area contributed by atoms with E-state index in [2.05, 4.69) is 10.4 Å². The quantitative estimate of drug-likeness (QED) is 0.324. The predicted octanol–water partition coefficient (Wildman–Crippen LogP) is 3.38. The number of carbonyl (C=O) groups excluding carboxylic acids is 2. The van der Waals surface area contributed by atoms with Crippen LogP contribution in [0.25, 0.3) is 16.9 Å². The van der Waals surface area contributed by atoms with E-state index >= 15 is 0 Å². The van der Waals surface area contributed by atoms with Crippen molar-refractivity contribution in [3.05, 3.63) is 88.1 Å². The molecule has 0 bridgehead atoms. The van der Waals surface area contributed by atoms with Crippen LogP contribution < -0.4 is 11.1 Å². The number of aryl methyl sites for hydroxylation is 1. The Labute approximate surface area is 242 Å². The molecule has 3 aromatic carbocycles. The number of hydrogen-bond acceptors (Lipinski definition) is 7. The van der Waals surface area contributed by atoms with Gasteiger partial charge in [0.05, 0.1) is 27.6 Å². The summed E-state index contributed by atoms with van der Waals surface area (Å²) in [4.78, 5) is 25.5. The Bertz CT molecular complexity index is 1950. The second-order valence-electron chi connectivity index (χ2n) is 9.84. The number of primary amides is 1. The lowest BCUT2D eigenvalue weighted by atomic mass is 9.88. The van der Waals surface area contributed by atoms with E-state index in [1.54, 1.807) is 28.9 Å². The van der Waals surface area contributed by atoms with Crippen LogP contribution in [0.3, 0.4) is 0 Å². The summed E-state index contributed by atoms with van der Waals surface area (Å²) in [6.07, 6.45) is 3.08. The first-order valence-corrected chi connectivity index (χ1v) is 16.5. The molecule has 4 aromatic rings. The molecule has 1 aliphatic rings. The molecule has 0 spiro atoms. The van der Waals surface area contributed by atoms with Crippen LogP contribution in [0, 0.1) is 0 Å². The number of halogens is 1. The first kappa shape index (κ1) is 28.5. The Kier molecular flexibility index (Phi) is 7.26. The van der Waals surface area contributed by atoms with E-state index in [4.69, 9.17) is 17.3 Å². The molecule has 1 heterocycles. The van der Waals surface area contributed by atoms with Crippen LogP contribution in [0.2, 0.25) is 5.02 Å². The maximum Gasteiger partial charge on any atom is 0.269 e. The lowest BCUT2D eigenvalue weighted by molar-refractivity contribution is -0.115. The number of hydrogen-bond donors (Lipinski definition) is 2. The van der Waals surface area contributed by atoms with Crippen LogP contribution in [0.4, 0.5) is 5.69 Å². The molecule has 10 nitrogen and oxygen atoms in total. The average Bonchev–Trinajstić information content (AvgIpc) is 3.28. The van der Waals surface area contributed by atoms with Gasteiger partial charge in [-0.05, 0) is 78.6 Å². The highest BCUT2D eigenvalue weighted by molar-refractivity contribution is 7.91. The third kappa shape index (κ3) is 5.76. The molecule has 0 unspecified atom stereocenters. The number of nitrogens with one attached hydrogen (secondary N) is 1. The molecular weight excluding hydrogens is 588 g/mol. The van der Waals surface area contributed by atoms with Crippen molar-refractivity contribution in [3.8, 4) is 16.9 Å². The number of rotatable bonds is 7. The van der Waals surface area contributed by atoms with Crippen molar-refractivity contribution in [1.29, 1.82) is 0 Å². The number of anilines is 1. The van der Waals surface area contributed by atoms with E-state index in [0.29, 0.717) is 40.5 Å². The number of nitrogens with two attached hydrogens (primary N) is 1. The van der Waals surface area contributed by atoms with Gasteiger partial charge in [-0.3, -0.25) is 9.59 Å². The summed E-state index contributed by atoms with van der Waals surface area (Å²) in [5, 5.41) is 7.60. The first-order valence-electron chi connectivity index (χ1n) is 12.4. The van der Waals surface area contributed by atoms with Gasteiger partial charge >= 0.3 is 0 Å². The van der Waals surface area contributed by atoms with E-state index in [1.165, 1.54) is 30.3 Å². The largest absolute Gasteiger partial charge is 0.364 e. The summed E-state index contributed by atoms with van der Waals surface area (Å²) in [5.41, 5.74) is 9.95. The molecule has 0 saturated carbocycles. The molecule has 41 heavy (non-hydrogen) atoms. The summed E-state index contributed by atoms with van der Waals surface area (Å²) in [6, 6.07) is 15.8. The molecule has 2 amide bonds. The molecule has 3 N–H and O–H groups in total. The topological polar surface area (TPSA) is 158 Å². The molecule has 1 aliphatic carbocycles. The second-order valence-corrected chi connectivity index (χ2v) is 14.3. The number of benzene rings is 3. The van der Waals surface area contributed by atoms with Crippen molar-refractivity contribution in [1.82, 2.24) is 9.78 Å². The van der Waals surface area contributed by atoms with E-state index < -0.39 is 31.5 Å². The van der Waals surface area contributed by atoms with E-state index in [1.807, 2.05) is 6.07 Å². The molecule has 0 aliphatic heterocycles. The number of fused-ring (bicyclic) bond motifs is 3. The minimum atomic E-state index is -3.58. The molecule has 1 aromatic heterocycles. The van der Waals surface area contributed by atoms with Crippen molar-refractivity contribution in [3.63, 3.8) is 0 Å². The van der Waals surface area contributed by atoms with Gasteiger partial charge < -0.3 is 11.1 Å². The Balaban J connectivity index is 1.53. The minimum Gasteiger partial charge on any atom is -0.364 e. The molecule has 212 valence electrons. The number of nitrogens with zero attached hydrogens (tertiary/aromatic N) is 2. The molecule has 5 rings (SSSR count). The maximum absolute atomic E-state index is 13.0. The summed E-state index contributed by atoms with van der Waals surface area (Å²) < 4.78 is 49.8. The van der Waals surface area contributed by atoms with Gasteiger partial charge in [-0.2, -0.15) is 5.10 Å². The average molecular weight is 613 g/mol. The molecule has 0 saturated heterocycles. The minimum absolute atomic E-state index is 0.0249. The van der Waals surface area contributed by atoms with Crippen molar-refractivity contribution < 1.29 is 26.4 Å². The summed E-state index contributed by atoms with van der Waals surface area (Å²) in [5.74, 6) is -1.14. The highest BCUT2D eigenvalue weighted by Gasteiger charge is 2.28. The summed E-state index contributed by atoms with van der Waals surface area (Å²) in [6.45, 7) is 0. The maximum atomic E-state index is 13.0. The van der Waals surface area contributed by atoms with Crippen LogP contribution >= 0.6 is 11.6 Å². The smallest absolute Gasteiger partial charge is 0.269 e. The van der Waals surface area contributed by atoms with E-state index in [9.17, 15) is 26.4 Å². The highest BCUT2D eigenvalue weighted by Crippen LogP contribution is 2.38. The van der Waals surface area contributed by atoms with Crippen molar-refractivity contribution >= 4 is 48.8 Å². The fourth-order valence-electron chi connectivity index (χ4n) is 4.96. The van der Waals surface area contributed by atoms with E-state index in [0.717, 1.165) is 23.6 Å². The van der Waals surface area contributed by atoms with Crippen molar-refractivity contribution in [2.75, 3.05) is 17.8 Å². The molecule has 0 radical (unpaired) electrons. The molecule has 13 heteroatoms. The number of aromatic nitrogens is 2. The summed E-state index contributed by atoms with van der Waals surface area (Å²) in [7, 11) is -6.99. The van der Waals surface area contributed by atoms with E-state index in [-0.39, 0.29) is 27.5 Å². The van der Waals surface area contributed by atoms with Gasteiger partial charge in [-0.15, -0.1) is 0 Å². The van der Waals surface area contributed by atoms with Gasteiger partial charge in [0.2, 0.25) is 5.91 Å². The molecule has 0 atom stereocenters. The van der Waals surface area contributed by atoms with Crippen molar-refractivity contribution in [2.45, 2.75) is 29.1 Å². The summed E-state index contributed by atoms with van der Waals surface area (Å²) >= 11 is 6.06. The van der Waals surface area contributed by atoms with Gasteiger partial charge in [0, 0.05) is 34.3 Å². The lowest BCUT2D eigenvalue weighted by Crippen LogP contribution is -2.17. The standard InChI is InChI=1S/C28H25ClN4O6S2/c1-40(36,37)21-9-7-20(8-10-21)33-27-22(26(32-33)28(30)35)11-4-16-3-6-19(15-23(16)27)31-25(34)14-17-13-18(29)5-12-24(17)41(2,38)39/h3,5-10,12-13,15H,4,11,14H2,1-2H3,(H2,30,35)(H,31,34). The highest BCUT2D eigenvalue weighted by atomic mass is 35.5. The van der Waals surface area contributed by atoms with Gasteiger partial charge in [0.1, 0.15) is 0 Å². The molecule has 0 fully saturated rings. The fraction of sp³-hybridized carbons (Fsp3) is 0.179. The van der Waals surface area contributed by atoms with Crippen LogP contribution in [0.5, 0.6) is 0 Å². The Morgan fingerprint density at radius 2 is 1.66 bits per heavy atom. The monoisotopic (exact) mass is 612 g/mol. The van der Waals surface area contributed by atoms with Crippen LogP contribution in [-0.4, -0.2) is 50.9 Å². The van der Waals surface area contributed by atoms with Gasteiger partial charge in [-0.1, -0.05) is 17.7 Å². The number of sulfone groups is 2. The zero-order valence-corrected chi connectivity index (χ0v) is 24.4. The normalized spacial score (nSPS) is 12.9. The first-order chi connectivity index (χ1) is 19.2. The zero-order chi connectivity index (χ0) is 29.7. The Morgan fingerprint density at radius 3 is 2.29 bits per heavy atom. The lowest BCUT2D eigenvalue weighted by Gasteiger charge is -2.20. The van der Waals surface area contributed by atoms with Gasteiger partial charge in [0.25, 0.3) is 5.91 Å². The van der Waals surface area contributed by atoms with Crippen LogP contribution in [0.1, 0.15) is 27.2 Å². The van der Waals surface area contributed by atoms with Crippen LogP contribution in [-0.2, 0) is 43.7 Å². The van der Waals surface area contributed by atoms with Gasteiger partial charge in [0.15, 0.2) is 25.4 Å². The number of amides is 2. The Morgan fingerprint density at radius 1 is 0.951 bits per heavy atom. The van der Waals surface area contributed by atoms with Crippen molar-refractivity contribution in [2.24, 2.45) is 5.73 Å². The third-order valence-electron chi connectivity index (χ3n) is 6.79. The predicted molar refractivity (Wildman–Crippen MR) is 155 cm³/mol. The second kappa shape index (κ2) is 10.4. The zero-order valence-electron chi connectivity index (χ0n) is 22.0. The third-order valence-corrected chi connectivity index (χ3v) is 9.35. The van der Waals surface area contributed by atoms with Gasteiger partial charge in [-0.25, -0.2) is 21.5 Å². The fourth-order valence-corrected chi connectivity index (χ4v) is 6.71. The Hall–Kier alpha value is -4.00.